The van der Waals surface area contributed by atoms with E-state index >= 15 is 0 Å². The van der Waals surface area contributed by atoms with Crippen molar-refractivity contribution in [3.8, 4) is 0 Å². The third-order valence-corrected chi connectivity index (χ3v) is 5.92. The molecule has 1 aromatic heterocycles. The van der Waals surface area contributed by atoms with E-state index < -0.39 is 0 Å². The van der Waals surface area contributed by atoms with Crippen LogP contribution in [0.3, 0.4) is 0 Å². The van der Waals surface area contributed by atoms with E-state index in [1.165, 1.54) is 29.8 Å². The normalized spacial score (nSPS) is 16.1. The fourth-order valence-corrected chi connectivity index (χ4v) is 4.51. The lowest BCUT2D eigenvalue weighted by atomic mass is 9.90. The van der Waals surface area contributed by atoms with Crippen LogP contribution in [0.5, 0.6) is 0 Å². The minimum absolute atomic E-state index is 0.248. The zero-order chi connectivity index (χ0) is 21.1. The number of carbonyl (C=O) groups is 1. The van der Waals surface area contributed by atoms with Gasteiger partial charge in [-0.3, -0.25) is 4.79 Å². The molecule has 1 unspecified atom stereocenters. The smallest absolute Gasteiger partial charge is 0.255 e. The molecule has 4 nitrogen and oxygen atoms in total. The van der Waals surface area contributed by atoms with Gasteiger partial charge in [0.25, 0.3) is 5.91 Å². The van der Waals surface area contributed by atoms with E-state index in [4.69, 9.17) is 4.42 Å². The highest BCUT2D eigenvalue weighted by molar-refractivity contribution is 6.05. The average molecular weight is 409 g/mol. The average Bonchev–Trinajstić information content (AvgIpc) is 3.11. The van der Waals surface area contributed by atoms with Crippen LogP contribution in [-0.2, 0) is 12.8 Å². The van der Waals surface area contributed by atoms with Crippen LogP contribution < -0.4 is 5.32 Å². The molecule has 1 atom stereocenters. The lowest BCUT2D eigenvalue weighted by Crippen LogP contribution is -2.40. The molecule has 5 heteroatoms. The first-order valence-electron chi connectivity index (χ1n) is 10.9. The van der Waals surface area contributed by atoms with Gasteiger partial charge in [0.1, 0.15) is 17.2 Å². The summed E-state index contributed by atoms with van der Waals surface area (Å²) < 4.78 is 19.2. The maximum Gasteiger partial charge on any atom is 0.255 e. The van der Waals surface area contributed by atoms with E-state index in [1.54, 1.807) is 0 Å². The Morgan fingerprint density at radius 3 is 2.57 bits per heavy atom. The zero-order valence-electron chi connectivity index (χ0n) is 17.7. The first-order valence-corrected chi connectivity index (χ1v) is 10.9. The van der Waals surface area contributed by atoms with Crippen LogP contribution in [0.2, 0.25) is 0 Å². The lowest BCUT2D eigenvalue weighted by Gasteiger charge is -2.33. The van der Waals surface area contributed by atoms with Crippen LogP contribution in [0, 0.1) is 5.82 Å². The number of anilines is 1. The standard InChI is InChI=1S/C25H29FN2O2/c1-3-13-28(14-4-2)20-10-12-24-22(16-20)21-15-19(9-11-23(21)30-24)27-25(29)17-5-7-18(26)8-6-17/h5-9,11,15,20H,3-4,10,12-14,16H2,1-2H3,(H,27,29). The second-order valence-corrected chi connectivity index (χ2v) is 8.11. The van der Waals surface area contributed by atoms with Gasteiger partial charge < -0.3 is 14.6 Å². The molecule has 0 saturated carbocycles. The fourth-order valence-electron chi connectivity index (χ4n) is 4.51. The van der Waals surface area contributed by atoms with Gasteiger partial charge >= 0.3 is 0 Å². The molecule has 1 aliphatic rings. The molecular weight excluding hydrogens is 379 g/mol. The number of hydrogen-bond donors (Lipinski definition) is 1. The molecule has 158 valence electrons. The summed E-state index contributed by atoms with van der Waals surface area (Å²) in [4.78, 5) is 15.1. The van der Waals surface area contributed by atoms with Crippen molar-refractivity contribution in [3.63, 3.8) is 0 Å². The van der Waals surface area contributed by atoms with Crippen molar-refractivity contribution < 1.29 is 13.6 Å². The molecule has 1 aliphatic carbocycles. The quantitative estimate of drug-likeness (QED) is 0.537. The molecule has 0 spiro atoms. The summed E-state index contributed by atoms with van der Waals surface area (Å²) in [6, 6.07) is 11.9. The predicted octanol–water partition coefficient (Wildman–Crippen LogP) is 5.80. The predicted molar refractivity (Wildman–Crippen MR) is 119 cm³/mol. The van der Waals surface area contributed by atoms with Gasteiger partial charge in [0.05, 0.1) is 0 Å². The van der Waals surface area contributed by atoms with Gasteiger partial charge in [0, 0.05) is 34.7 Å². The number of benzene rings is 2. The summed E-state index contributed by atoms with van der Waals surface area (Å²) in [6.45, 7) is 6.73. The van der Waals surface area contributed by atoms with Gasteiger partial charge in [-0.05, 0) is 81.2 Å². The molecule has 30 heavy (non-hydrogen) atoms. The maximum absolute atomic E-state index is 13.1. The molecule has 0 saturated heterocycles. The fraction of sp³-hybridized carbons (Fsp3) is 0.400. The maximum atomic E-state index is 13.1. The highest BCUT2D eigenvalue weighted by Gasteiger charge is 2.27. The molecule has 0 radical (unpaired) electrons. The summed E-state index contributed by atoms with van der Waals surface area (Å²) >= 11 is 0. The summed E-state index contributed by atoms with van der Waals surface area (Å²) in [5.41, 5.74) is 3.30. The van der Waals surface area contributed by atoms with Crippen molar-refractivity contribution in [3.05, 3.63) is 65.2 Å². The number of aryl methyl sites for hydroxylation is 1. The highest BCUT2D eigenvalue weighted by Crippen LogP contribution is 2.35. The van der Waals surface area contributed by atoms with E-state index in [2.05, 4.69) is 24.1 Å². The van der Waals surface area contributed by atoms with E-state index in [-0.39, 0.29) is 11.7 Å². The summed E-state index contributed by atoms with van der Waals surface area (Å²) in [5, 5.41) is 4.01. The lowest BCUT2D eigenvalue weighted by molar-refractivity contribution is 0.102. The molecule has 0 aliphatic heterocycles. The number of furan rings is 1. The van der Waals surface area contributed by atoms with Crippen LogP contribution in [0.25, 0.3) is 11.0 Å². The molecule has 3 aromatic rings. The van der Waals surface area contributed by atoms with Gasteiger partial charge in [0.15, 0.2) is 0 Å². The minimum atomic E-state index is -0.354. The number of nitrogens with one attached hydrogen (secondary N) is 1. The number of fused-ring (bicyclic) bond motifs is 3. The third-order valence-electron chi connectivity index (χ3n) is 5.92. The number of nitrogens with zero attached hydrogens (tertiary/aromatic N) is 1. The topological polar surface area (TPSA) is 45.5 Å². The Kier molecular flexibility index (Phi) is 6.18. The molecular formula is C25H29FN2O2. The molecule has 1 amide bonds. The van der Waals surface area contributed by atoms with Crippen LogP contribution in [-0.4, -0.2) is 29.9 Å². The van der Waals surface area contributed by atoms with Gasteiger partial charge in [-0.2, -0.15) is 0 Å². The van der Waals surface area contributed by atoms with E-state index in [0.29, 0.717) is 11.6 Å². The molecule has 4 rings (SSSR count). The SMILES string of the molecule is CCCN(CCC)C1CCc2oc3ccc(NC(=O)c4ccc(F)cc4)cc3c2C1. The largest absolute Gasteiger partial charge is 0.461 e. The van der Waals surface area contributed by atoms with Gasteiger partial charge in [-0.15, -0.1) is 0 Å². The summed E-state index contributed by atoms with van der Waals surface area (Å²) in [7, 11) is 0. The highest BCUT2D eigenvalue weighted by atomic mass is 19.1. The Hall–Kier alpha value is -2.66. The Morgan fingerprint density at radius 2 is 1.87 bits per heavy atom. The van der Waals surface area contributed by atoms with Crippen molar-refractivity contribution in [1.82, 2.24) is 4.90 Å². The van der Waals surface area contributed by atoms with Crippen LogP contribution in [0.1, 0.15) is 54.8 Å². The summed E-state index contributed by atoms with van der Waals surface area (Å²) in [6.07, 6.45) is 5.39. The Bertz CT molecular complexity index is 1020. The Labute approximate surface area is 177 Å². The Morgan fingerprint density at radius 1 is 1.13 bits per heavy atom. The molecule has 0 bridgehead atoms. The van der Waals surface area contributed by atoms with E-state index in [1.807, 2.05) is 18.2 Å². The first kappa shape index (κ1) is 20.6. The van der Waals surface area contributed by atoms with Crippen molar-refractivity contribution in [2.24, 2.45) is 0 Å². The van der Waals surface area contributed by atoms with Crippen molar-refractivity contribution >= 4 is 22.6 Å². The van der Waals surface area contributed by atoms with Crippen molar-refractivity contribution in [1.29, 1.82) is 0 Å². The summed E-state index contributed by atoms with van der Waals surface area (Å²) in [5.74, 6) is 0.477. The van der Waals surface area contributed by atoms with Crippen LogP contribution in [0.15, 0.2) is 46.9 Å². The van der Waals surface area contributed by atoms with E-state index in [9.17, 15) is 9.18 Å². The molecule has 0 fully saturated rings. The van der Waals surface area contributed by atoms with Gasteiger partial charge in [-0.25, -0.2) is 4.39 Å². The molecule has 2 aromatic carbocycles. The number of carbonyl (C=O) groups excluding carboxylic acids is 1. The minimum Gasteiger partial charge on any atom is -0.461 e. The molecule has 1 heterocycles. The monoisotopic (exact) mass is 408 g/mol. The second kappa shape index (κ2) is 9.00. The van der Waals surface area contributed by atoms with Crippen molar-refractivity contribution in [2.75, 3.05) is 18.4 Å². The third kappa shape index (κ3) is 4.26. The number of rotatable bonds is 7. The number of amides is 1. The number of hydrogen-bond acceptors (Lipinski definition) is 3. The van der Waals surface area contributed by atoms with Crippen LogP contribution in [0.4, 0.5) is 10.1 Å². The van der Waals surface area contributed by atoms with Gasteiger partial charge in [0.2, 0.25) is 0 Å². The van der Waals surface area contributed by atoms with Gasteiger partial charge in [-0.1, -0.05) is 13.8 Å². The molecule has 1 N–H and O–H groups in total. The van der Waals surface area contributed by atoms with Crippen LogP contribution >= 0.6 is 0 Å². The zero-order valence-corrected chi connectivity index (χ0v) is 17.7. The first-order chi connectivity index (χ1) is 14.6. The Balaban J connectivity index is 1.57. The second-order valence-electron chi connectivity index (χ2n) is 8.11. The number of halogens is 1. The van der Waals surface area contributed by atoms with Crippen molar-refractivity contribution in [2.45, 2.75) is 52.0 Å². The van der Waals surface area contributed by atoms with E-state index in [0.717, 1.165) is 67.6 Å².